The predicted octanol–water partition coefficient (Wildman–Crippen LogP) is 2.16. The van der Waals surface area contributed by atoms with Gasteiger partial charge in [0.1, 0.15) is 0 Å². The van der Waals surface area contributed by atoms with Crippen molar-refractivity contribution >= 4 is 30.7 Å². The molecule has 0 radical (unpaired) electrons. The van der Waals surface area contributed by atoms with E-state index in [2.05, 4.69) is 15.1 Å². The van der Waals surface area contributed by atoms with Gasteiger partial charge in [0.2, 0.25) is 5.91 Å². The number of hydrogen-bond acceptors (Lipinski definition) is 3. The molecular weight excluding hydrogens is 309 g/mol. The molecule has 0 aromatic heterocycles. The van der Waals surface area contributed by atoms with Crippen molar-refractivity contribution in [1.82, 2.24) is 15.1 Å². The van der Waals surface area contributed by atoms with Crippen LogP contribution in [-0.4, -0.2) is 61.5 Å². The van der Waals surface area contributed by atoms with E-state index in [9.17, 15) is 4.79 Å². The second-order valence-electron chi connectivity index (χ2n) is 6.15. The third-order valence-electron chi connectivity index (χ3n) is 4.51. The minimum atomic E-state index is 0. The van der Waals surface area contributed by atoms with E-state index in [-0.39, 0.29) is 30.7 Å². The Morgan fingerprint density at radius 3 is 2.43 bits per heavy atom. The van der Waals surface area contributed by atoms with Crippen LogP contribution in [-0.2, 0) is 4.79 Å². The lowest BCUT2D eigenvalue weighted by Crippen LogP contribution is -2.47. The molecule has 0 bridgehead atoms. The molecule has 0 aromatic carbocycles. The van der Waals surface area contributed by atoms with E-state index in [0.29, 0.717) is 11.9 Å². The summed E-state index contributed by atoms with van der Waals surface area (Å²) in [6.07, 6.45) is 6.40. The zero-order valence-electron chi connectivity index (χ0n) is 13.3. The molecule has 0 spiro atoms. The van der Waals surface area contributed by atoms with Crippen molar-refractivity contribution in [2.45, 2.75) is 45.1 Å². The number of likely N-dealkylation sites (tertiary alicyclic amines) is 2. The van der Waals surface area contributed by atoms with Gasteiger partial charge in [0.05, 0.1) is 0 Å². The average molecular weight is 340 g/mol. The first-order chi connectivity index (χ1) is 9.22. The molecule has 2 aliphatic heterocycles. The first kappa shape index (κ1) is 21.0. The lowest BCUT2D eigenvalue weighted by atomic mass is 10.1. The van der Waals surface area contributed by atoms with Crippen LogP contribution >= 0.6 is 24.8 Å². The van der Waals surface area contributed by atoms with Crippen molar-refractivity contribution in [3.8, 4) is 0 Å². The molecule has 0 aliphatic carbocycles. The highest BCUT2D eigenvalue weighted by molar-refractivity contribution is 5.85. The molecule has 2 aliphatic rings. The Labute approximate surface area is 141 Å². The molecule has 6 heteroatoms. The number of halogens is 2. The topological polar surface area (TPSA) is 35.6 Å². The molecule has 0 aromatic rings. The van der Waals surface area contributed by atoms with Crippen molar-refractivity contribution in [2.24, 2.45) is 5.92 Å². The van der Waals surface area contributed by atoms with E-state index >= 15 is 0 Å². The molecule has 21 heavy (non-hydrogen) atoms. The highest BCUT2D eigenvalue weighted by atomic mass is 35.5. The van der Waals surface area contributed by atoms with Gasteiger partial charge in [-0.05, 0) is 45.8 Å². The standard InChI is InChI=1S/C15H29N3O.2ClH/c1-13(11-16-2)15(19)18-10-6-7-14(18)12-17-8-4-3-5-9-17;;/h13-14,16H,3-12H2,1-2H3;2*1H. The van der Waals surface area contributed by atoms with Gasteiger partial charge in [-0.1, -0.05) is 13.3 Å². The zero-order chi connectivity index (χ0) is 13.7. The van der Waals surface area contributed by atoms with Crippen LogP contribution in [0.3, 0.4) is 0 Å². The number of piperidine rings is 1. The molecular formula is C15H31Cl2N3O. The van der Waals surface area contributed by atoms with Gasteiger partial charge >= 0.3 is 0 Å². The summed E-state index contributed by atoms with van der Waals surface area (Å²) >= 11 is 0. The van der Waals surface area contributed by atoms with Crippen molar-refractivity contribution in [2.75, 3.05) is 39.8 Å². The monoisotopic (exact) mass is 339 g/mol. The Kier molecular flexibility index (Phi) is 10.6. The molecule has 0 saturated carbocycles. The molecule has 4 nitrogen and oxygen atoms in total. The third-order valence-corrected chi connectivity index (χ3v) is 4.51. The second-order valence-corrected chi connectivity index (χ2v) is 6.15. The second kappa shape index (κ2) is 10.7. The maximum atomic E-state index is 12.5. The van der Waals surface area contributed by atoms with Crippen LogP contribution in [0.25, 0.3) is 0 Å². The van der Waals surface area contributed by atoms with Gasteiger partial charge in [0, 0.05) is 31.6 Å². The number of carbonyl (C=O) groups is 1. The molecule has 2 heterocycles. The van der Waals surface area contributed by atoms with E-state index in [4.69, 9.17) is 0 Å². The highest BCUT2D eigenvalue weighted by Gasteiger charge is 2.32. The summed E-state index contributed by atoms with van der Waals surface area (Å²) in [5, 5.41) is 3.11. The normalized spacial score (nSPS) is 24.1. The van der Waals surface area contributed by atoms with Crippen molar-refractivity contribution < 1.29 is 4.79 Å². The molecule has 2 saturated heterocycles. The van der Waals surface area contributed by atoms with Crippen molar-refractivity contribution in [3.05, 3.63) is 0 Å². The number of rotatable bonds is 5. The summed E-state index contributed by atoms with van der Waals surface area (Å²) in [6, 6.07) is 0.463. The molecule has 2 fully saturated rings. The number of nitrogens with one attached hydrogen (secondary N) is 1. The molecule has 1 amide bonds. The fraction of sp³-hybridized carbons (Fsp3) is 0.933. The van der Waals surface area contributed by atoms with Gasteiger partial charge in [-0.2, -0.15) is 0 Å². The average Bonchev–Trinajstić information content (AvgIpc) is 2.87. The fourth-order valence-corrected chi connectivity index (χ4v) is 3.43. The van der Waals surface area contributed by atoms with Crippen LogP contribution in [0.2, 0.25) is 0 Å². The van der Waals surface area contributed by atoms with Crippen molar-refractivity contribution in [3.63, 3.8) is 0 Å². The molecule has 2 rings (SSSR count). The van der Waals surface area contributed by atoms with E-state index in [1.54, 1.807) is 0 Å². The van der Waals surface area contributed by atoms with Gasteiger partial charge in [-0.15, -0.1) is 24.8 Å². The van der Waals surface area contributed by atoms with Crippen LogP contribution in [0.5, 0.6) is 0 Å². The van der Waals surface area contributed by atoms with Gasteiger partial charge in [0.25, 0.3) is 0 Å². The molecule has 1 N–H and O–H groups in total. The Morgan fingerprint density at radius 2 is 1.81 bits per heavy atom. The number of amides is 1. The summed E-state index contributed by atoms with van der Waals surface area (Å²) in [7, 11) is 1.92. The maximum Gasteiger partial charge on any atom is 0.226 e. The first-order valence-corrected chi connectivity index (χ1v) is 7.90. The number of carbonyl (C=O) groups excluding carboxylic acids is 1. The van der Waals surface area contributed by atoms with Gasteiger partial charge in [0.15, 0.2) is 0 Å². The van der Waals surface area contributed by atoms with Crippen LogP contribution in [0.1, 0.15) is 39.0 Å². The summed E-state index contributed by atoms with van der Waals surface area (Å²) in [4.78, 5) is 17.2. The SMILES string of the molecule is CNCC(C)C(=O)N1CCCC1CN1CCCCC1.Cl.Cl. The minimum absolute atomic E-state index is 0. The number of nitrogens with zero attached hydrogens (tertiary/aromatic N) is 2. The summed E-state index contributed by atoms with van der Waals surface area (Å²) in [5.74, 6) is 0.445. The van der Waals surface area contributed by atoms with Gasteiger partial charge in [-0.3, -0.25) is 4.79 Å². The quantitative estimate of drug-likeness (QED) is 0.833. The fourth-order valence-electron chi connectivity index (χ4n) is 3.43. The predicted molar refractivity (Wildman–Crippen MR) is 92.6 cm³/mol. The van der Waals surface area contributed by atoms with Crippen LogP contribution in [0.4, 0.5) is 0 Å². The summed E-state index contributed by atoms with van der Waals surface area (Å²) in [5.41, 5.74) is 0. The Balaban J connectivity index is 0.00000200. The smallest absolute Gasteiger partial charge is 0.226 e. The highest BCUT2D eigenvalue weighted by Crippen LogP contribution is 2.22. The number of hydrogen-bond donors (Lipinski definition) is 1. The van der Waals surface area contributed by atoms with Crippen molar-refractivity contribution in [1.29, 1.82) is 0 Å². The Bertz CT molecular complexity index is 299. The maximum absolute atomic E-state index is 12.5. The molecule has 126 valence electrons. The van der Waals surface area contributed by atoms with E-state index in [1.807, 2.05) is 14.0 Å². The van der Waals surface area contributed by atoms with Crippen LogP contribution in [0.15, 0.2) is 0 Å². The van der Waals surface area contributed by atoms with E-state index in [1.165, 1.54) is 45.2 Å². The zero-order valence-corrected chi connectivity index (χ0v) is 15.0. The lowest BCUT2D eigenvalue weighted by Gasteiger charge is -2.34. The van der Waals surface area contributed by atoms with Crippen LogP contribution in [0, 0.1) is 5.92 Å². The third kappa shape index (κ3) is 5.93. The van der Waals surface area contributed by atoms with E-state index < -0.39 is 0 Å². The first-order valence-electron chi connectivity index (χ1n) is 7.90. The van der Waals surface area contributed by atoms with Gasteiger partial charge in [-0.25, -0.2) is 0 Å². The molecule has 2 unspecified atom stereocenters. The lowest BCUT2D eigenvalue weighted by molar-refractivity contribution is -0.136. The molecule has 2 atom stereocenters. The van der Waals surface area contributed by atoms with Crippen LogP contribution < -0.4 is 5.32 Å². The summed E-state index contributed by atoms with van der Waals surface area (Å²) < 4.78 is 0. The minimum Gasteiger partial charge on any atom is -0.338 e. The Hall–Kier alpha value is -0.0300. The van der Waals surface area contributed by atoms with Gasteiger partial charge < -0.3 is 15.1 Å². The van der Waals surface area contributed by atoms with E-state index in [0.717, 1.165) is 19.6 Å². The largest absolute Gasteiger partial charge is 0.338 e. The summed E-state index contributed by atoms with van der Waals surface area (Å²) in [6.45, 7) is 7.33. The Morgan fingerprint density at radius 1 is 1.14 bits per heavy atom.